The van der Waals surface area contributed by atoms with Gasteiger partial charge in [-0.05, 0) is 69.4 Å². The number of carbonyl (C=O) groups excluding carboxylic acids is 1. The van der Waals surface area contributed by atoms with E-state index in [1.807, 2.05) is 56.3 Å². The third kappa shape index (κ3) is 4.86. The van der Waals surface area contributed by atoms with Crippen LogP contribution in [0.25, 0.3) is 11.0 Å². The number of carbonyl (C=O) groups is 1. The van der Waals surface area contributed by atoms with E-state index in [4.69, 9.17) is 5.26 Å². The summed E-state index contributed by atoms with van der Waals surface area (Å²) < 4.78 is 2.31. The van der Waals surface area contributed by atoms with Crippen molar-refractivity contribution in [1.29, 1.82) is 5.26 Å². The van der Waals surface area contributed by atoms with Crippen molar-refractivity contribution in [3.05, 3.63) is 65.0 Å². The number of nitriles is 1. The van der Waals surface area contributed by atoms with Crippen LogP contribution < -0.4 is 0 Å². The van der Waals surface area contributed by atoms with Crippen molar-refractivity contribution in [3.63, 3.8) is 0 Å². The van der Waals surface area contributed by atoms with Crippen LogP contribution in [0.2, 0.25) is 0 Å². The number of aryl methyl sites for hydroxylation is 2. The lowest BCUT2D eigenvalue weighted by molar-refractivity contribution is -0.120. The number of rotatable bonds is 5. The molecule has 4 rings (SSSR count). The molecule has 0 aliphatic heterocycles. The number of imidazole rings is 1. The Morgan fingerprint density at radius 1 is 1.26 bits per heavy atom. The van der Waals surface area contributed by atoms with Gasteiger partial charge in [0, 0.05) is 18.4 Å². The summed E-state index contributed by atoms with van der Waals surface area (Å²) in [4.78, 5) is 15.7. The van der Waals surface area contributed by atoms with E-state index in [0.29, 0.717) is 12.0 Å². The van der Waals surface area contributed by atoms with Crippen LogP contribution in [-0.2, 0) is 10.3 Å². The number of aliphatic hydroxyl groups excluding tert-OH is 1. The van der Waals surface area contributed by atoms with Crippen molar-refractivity contribution in [3.8, 4) is 6.07 Å². The maximum absolute atomic E-state index is 11.1. The molecule has 3 aromatic rings. The molecule has 1 N–H and O–H groups in total. The SMILES string of the molecule is CCC(=O)CC(O)c1ccccc1C.Cc1nc2ccc(C#N)cc2n1C1(C)CCC1. The van der Waals surface area contributed by atoms with E-state index in [1.165, 1.54) is 19.3 Å². The summed E-state index contributed by atoms with van der Waals surface area (Å²) in [7, 11) is 0. The fourth-order valence-electron chi connectivity index (χ4n) is 4.29. The van der Waals surface area contributed by atoms with Crippen LogP contribution >= 0.6 is 0 Å². The first kappa shape index (κ1) is 22.7. The second kappa shape index (κ2) is 9.45. The molecule has 0 radical (unpaired) electrons. The molecule has 0 bridgehead atoms. The summed E-state index contributed by atoms with van der Waals surface area (Å²) in [6, 6.07) is 15.5. The van der Waals surface area contributed by atoms with Gasteiger partial charge in [-0.15, -0.1) is 0 Å². The molecule has 1 saturated carbocycles. The molecule has 1 heterocycles. The highest BCUT2D eigenvalue weighted by atomic mass is 16.3. The van der Waals surface area contributed by atoms with E-state index >= 15 is 0 Å². The molecule has 1 aromatic heterocycles. The Morgan fingerprint density at radius 3 is 2.55 bits per heavy atom. The van der Waals surface area contributed by atoms with Crippen LogP contribution in [0.3, 0.4) is 0 Å². The molecule has 1 atom stereocenters. The Labute approximate surface area is 184 Å². The zero-order chi connectivity index (χ0) is 22.6. The van der Waals surface area contributed by atoms with Gasteiger partial charge in [-0.25, -0.2) is 4.98 Å². The summed E-state index contributed by atoms with van der Waals surface area (Å²) in [6.45, 7) is 8.08. The number of aromatic nitrogens is 2. The molecule has 1 unspecified atom stereocenters. The van der Waals surface area contributed by atoms with Crippen molar-refractivity contribution in [1.82, 2.24) is 9.55 Å². The normalized spacial score (nSPS) is 15.4. The lowest BCUT2D eigenvalue weighted by atomic mass is 9.78. The lowest BCUT2D eigenvalue weighted by Gasteiger charge is -2.41. The van der Waals surface area contributed by atoms with Gasteiger partial charge in [-0.1, -0.05) is 31.2 Å². The van der Waals surface area contributed by atoms with Crippen LogP contribution in [0.15, 0.2) is 42.5 Å². The molecular weight excluding hydrogens is 386 g/mol. The Balaban J connectivity index is 0.000000180. The fourth-order valence-corrected chi connectivity index (χ4v) is 4.29. The van der Waals surface area contributed by atoms with Gasteiger partial charge < -0.3 is 9.67 Å². The molecule has 5 heteroatoms. The number of benzene rings is 2. The van der Waals surface area contributed by atoms with Crippen LogP contribution in [0.1, 0.15) is 74.6 Å². The zero-order valence-electron chi connectivity index (χ0n) is 18.9. The standard InChI is InChI=1S/C14H15N3.C12H16O2/c1-10-16-12-5-4-11(9-15)8-13(12)17(10)14(2)6-3-7-14;1-3-10(13)8-12(14)11-7-5-4-6-9(11)2/h4-5,8H,3,6-7H2,1-2H3;4-7,12,14H,3,8H2,1-2H3. The van der Waals surface area contributed by atoms with Crippen molar-refractivity contribution in [2.75, 3.05) is 0 Å². The third-order valence-electron chi connectivity index (χ3n) is 6.28. The summed E-state index contributed by atoms with van der Waals surface area (Å²) in [5.74, 6) is 1.15. The number of nitrogens with zero attached hydrogens (tertiary/aromatic N) is 3. The van der Waals surface area contributed by atoms with Gasteiger partial charge in [0.1, 0.15) is 11.6 Å². The van der Waals surface area contributed by atoms with Crippen molar-refractivity contribution >= 4 is 16.8 Å². The van der Waals surface area contributed by atoms with Gasteiger partial charge in [0.25, 0.3) is 0 Å². The number of hydrogen-bond acceptors (Lipinski definition) is 4. The minimum atomic E-state index is -0.649. The highest BCUT2D eigenvalue weighted by Gasteiger charge is 2.35. The van der Waals surface area contributed by atoms with E-state index in [1.54, 1.807) is 0 Å². The minimum Gasteiger partial charge on any atom is -0.388 e. The second-order valence-electron chi connectivity index (χ2n) is 8.63. The Kier molecular flexibility index (Phi) is 6.92. The first-order chi connectivity index (χ1) is 14.8. The van der Waals surface area contributed by atoms with Crippen molar-refractivity contribution in [2.45, 2.75) is 71.4 Å². The molecule has 1 fully saturated rings. The molecule has 0 saturated heterocycles. The molecular formula is C26H31N3O2. The maximum atomic E-state index is 11.1. The van der Waals surface area contributed by atoms with E-state index in [0.717, 1.165) is 28.0 Å². The zero-order valence-corrected chi connectivity index (χ0v) is 18.9. The monoisotopic (exact) mass is 417 g/mol. The Bertz CT molecular complexity index is 1120. The van der Waals surface area contributed by atoms with Gasteiger partial charge in [0.05, 0.1) is 28.8 Å². The predicted octanol–water partition coefficient (Wildman–Crippen LogP) is 5.51. The summed E-state index contributed by atoms with van der Waals surface area (Å²) in [5, 5.41) is 18.8. The molecule has 1 aliphatic rings. The number of Topliss-reactive ketones (excluding diaryl/α,β-unsaturated/α-hetero) is 1. The van der Waals surface area contributed by atoms with Crippen molar-refractivity contribution < 1.29 is 9.90 Å². The lowest BCUT2D eigenvalue weighted by Crippen LogP contribution is -2.37. The average Bonchev–Trinajstić information content (AvgIpc) is 3.07. The topological polar surface area (TPSA) is 78.9 Å². The number of ketones is 1. The number of aliphatic hydroxyl groups is 1. The first-order valence-corrected chi connectivity index (χ1v) is 10.9. The van der Waals surface area contributed by atoms with E-state index < -0.39 is 6.10 Å². The molecule has 31 heavy (non-hydrogen) atoms. The summed E-state index contributed by atoms with van der Waals surface area (Å²) in [5.41, 5.74) is 4.89. The molecule has 5 nitrogen and oxygen atoms in total. The van der Waals surface area contributed by atoms with E-state index in [-0.39, 0.29) is 17.7 Å². The molecule has 0 spiro atoms. The first-order valence-electron chi connectivity index (χ1n) is 10.9. The molecule has 162 valence electrons. The molecule has 0 amide bonds. The van der Waals surface area contributed by atoms with E-state index in [2.05, 4.69) is 29.5 Å². The Hall–Kier alpha value is -2.97. The van der Waals surface area contributed by atoms with E-state index in [9.17, 15) is 9.90 Å². The van der Waals surface area contributed by atoms with Gasteiger partial charge in [-0.3, -0.25) is 4.79 Å². The highest BCUT2D eigenvalue weighted by molar-refractivity contribution is 5.79. The smallest absolute Gasteiger partial charge is 0.135 e. The molecule has 2 aromatic carbocycles. The quantitative estimate of drug-likeness (QED) is 0.593. The Morgan fingerprint density at radius 2 is 1.97 bits per heavy atom. The number of fused-ring (bicyclic) bond motifs is 1. The van der Waals surface area contributed by atoms with Gasteiger partial charge in [0.2, 0.25) is 0 Å². The predicted molar refractivity (Wildman–Crippen MR) is 123 cm³/mol. The molecule has 1 aliphatic carbocycles. The minimum absolute atomic E-state index is 0.0979. The van der Waals surface area contributed by atoms with Crippen LogP contribution in [-0.4, -0.2) is 20.4 Å². The van der Waals surface area contributed by atoms with Crippen LogP contribution in [0.4, 0.5) is 0 Å². The summed E-state index contributed by atoms with van der Waals surface area (Å²) >= 11 is 0. The van der Waals surface area contributed by atoms with Gasteiger partial charge >= 0.3 is 0 Å². The second-order valence-corrected chi connectivity index (χ2v) is 8.63. The largest absolute Gasteiger partial charge is 0.388 e. The number of hydrogen-bond donors (Lipinski definition) is 1. The maximum Gasteiger partial charge on any atom is 0.135 e. The van der Waals surface area contributed by atoms with Crippen molar-refractivity contribution in [2.24, 2.45) is 0 Å². The van der Waals surface area contributed by atoms with Gasteiger partial charge in [-0.2, -0.15) is 5.26 Å². The summed E-state index contributed by atoms with van der Waals surface area (Å²) in [6.07, 6.45) is 3.76. The average molecular weight is 418 g/mol. The van der Waals surface area contributed by atoms with Crippen LogP contribution in [0.5, 0.6) is 0 Å². The fraction of sp³-hybridized carbons (Fsp3) is 0.423. The van der Waals surface area contributed by atoms with Gasteiger partial charge in [0.15, 0.2) is 0 Å². The highest BCUT2D eigenvalue weighted by Crippen LogP contribution is 2.41. The third-order valence-corrected chi connectivity index (χ3v) is 6.28. The van der Waals surface area contributed by atoms with Crippen LogP contribution in [0, 0.1) is 25.2 Å².